The maximum absolute atomic E-state index is 13.3. The smallest absolute Gasteiger partial charge is 0.255 e. The molecule has 7 nitrogen and oxygen atoms in total. The minimum atomic E-state index is -0.266. The van der Waals surface area contributed by atoms with Crippen LogP contribution in [-0.2, 0) is 11.8 Å². The normalized spacial score (nSPS) is 18.5. The molecule has 3 heterocycles. The highest BCUT2D eigenvalue weighted by molar-refractivity contribution is 6.06. The first-order valence-corrected chi connectivity index (χ1v) is 13.5. The van der Waals surface area contributed by atoms with Gasteiger partial charge in [-0.2, -0.15) is 5.26 Å². The molecule has 2 aliphatic rings. The van der Waals surface area contributed by atoms with Crippen LogP contribution < -0.4 is 5.32 Å². The van der Waals surface area contributed by atoms with Crippen molar-refractivity contribution in [1.29, 1.82) is 5.26 Å². The largest absolute Gasteiger partial charge is 0.339 e. The van der Waals surface area contributed by atoms with Crippen LogP contribution in [-0.4, -0.2) is 39.4 Å². The van der Waals surface area contributed by atoms with E-state index in [1.807, 2.05) is 18.9 Å². The number of nitrogens with one attached hydrogen (secondary N) is 1. The zero-order chi connectivity index (χ0) is 27.0. The van der Waals surface area contributed by atoms with Crippen molar-refractivity contribution in [3.63, 3.8) is 0 Å². The molecule has 3 aromatic rings. The zero-order valence-electron chi connectivity index (χ0n) is 22.7. The second kappa shape index (κ2) is 10.4. The molecule has 1 aliphatic heterocycles. The van der Waals surface area contributed by atoms with Gasteiger partial charge in [-0.25, -0.2) is 4.98 Å². The Labute approximate surface area is 224 Å². The van der Waals surface area contributed by atoms with Gasteiger partial charge in [0, 0.05) is 42.9 Å². The number of hydrogen-bond donors (Lipinski definition) is 1. The van der Waals surface area contributed by atoms with Crippen LogP contribution in [0.25, 0.3) is 11.0 Å². The summed E-state index contributed by atoms with van der Waals surface area (Å²) in [7, 11) is 2.00. The first-order valence-electron chi connectivity index (χ1n) is 13.5. The van der Waals surface area contributed by atoms with Gasteiger partial charge >= 0.3 is 0 Å². The number of anilines is 1. The van der Waals surface area contributed by atoms with E-state index >= 15 is 0 Å². The molecule has 0 spiro atoms. The average molecular weight is 510 g/mol. The number of pyridine rings is 1. The molecule has 1 atom stereocenters. The molecule has 1 aliphatic carbocycles. The van der Waals surface area contributed by atoms with Crippen LogP contribution in [0.5, 0.6) is 0 Å². The minimum Gasteiger partial charge on any atom is -0.339 e. The molecule has 1 fully saturated rings. The molecule has 0 saturated carbocycles. The Balaban J connectivity index is 1.36. The van der Waals surface area contributed by atoms with Gasteiger partial charge in [0.05, 0.1) is 23.5 Å². The molecule has 7 heteroatoms. The number of fused-ring (bicyclic) bond motifs is 1. The number of carbonyl (C=O) groups excluding carboxylic acids is 2. The molecule has 1 aromatic carbocycles. The number of rotatable bonds is 4. The van der Waals surface area contributed by atoms with Gasteiger partial charge in [-0.15, -0.1) is 0 Å². The summed E-state index contributed by atoms with van der Waals surface area (Å²) >= 11 is 0. The summed E-state index contributed by atoms with van der Waals surface area (Å²) in [6.07, 6.45) is 8.78. The molecule has 0 radical (unpaired) electrons. The predicted octanol–water partition coefficient (Wildman–Crippen LogP) is 5.85. The number of aromatic nitrogens is 2. The highest BCUT2D eigenvalue weighted by Crippen LogP contribution is 2.38. The van der Waals surface area contributed by atoms with Gasteiger partial charge < -0.3 is 14.8 Å². The van der Waals surface area contributed by atoms with Crippen molar-refractivity contribution in [2.24, 2.45) is 13.0 Å². The van der Waals surface area contributed by atoms with Gasteiger partial charge in [0.1, 0.15) is 5.65 Å². The third-order valence-electron chi connectivity index (χ3n) is 8.34. The summed E-state index contributed by atoms with van der Waals surface area (Å²) in [5.41, 5.74) is 6.94. The van der Waals surface area contributed by atoms with Crippen molar-refractivity contribution in [1.82, 2.24) is 14.5 Å². The molecule has 0 unspecified atom stereocenters. The molecule has 5 rings (SSSR count). The lowest BCUT2D eigenvalue weighted by Crippen LogP contribution is -2.39. The Hall–Kier alpha value is -3.92. The number of carbonyl (C=O) groups is 2. The van der Waals surface area contributed by atoms with Crippen LogP contribution in [0.15, 0.2) is 47.8 Å². The average Bonchev–Trinajstić information content (AvgIpc) is 3.28. The van der Waals surface area contributed by atoms with E-state index in [0.717, 1.165) is 60.9 Å². The van der Waals surface area contributed by atoms with Crippen LogP contribution >= 0.6 is 0 Å². The molecular formula is C31H35N5O2. The molecule has 196 valence electrons. The third-order valence-corrected chi connectivity index (χ3v) is 8.34. The second-order valence-electron chi connectivity index (χ2n) is 11.0. The summed E-state index contributed by atoms with van der Waals surface area (Å²) in [4.78, 5) is 33.0. The van der Waals surface area contributed by atoms with E-state index in [-0.39, 0.29) is 11.8 Å². The highest BCUT2D eigenvalue weighted by Gasteiger charge is 2.30. The Morgan fingerprint density at radius 2 is 1.92 bits per heavy atom. The van der Waals surface area contributed by atoms with Gasteiger partial charge in [-0.05, 0) is 87.1 Å². The van der Waals surface area contributed by atoms with Crippen LogP contribution in [0.1, 0.15) is 78.9 Å². The second-order valence-corrected chi connectivity index (χ2v) is 11.0. The van der Waals surface area contributed by atoms with E-state index in [1.165, 1.54) is 17.6 Å². The van der Waals surface area contributed by atoms with Crippen molar-refractivity contribution in [3.8, 4) is 6.07 Å². The minimum absolute atomic E-state index is 0.230. The Bertz CT molecular complexity index is 1480. The summed E-state index contributed by atoms with van der Waals surface area (Å²) in [5, 5.41) is 13.2. The molecular weight excluding hydrogens is 474 g/mol. The van der Waals surface area contributed by atoms with Crippen molar-refractivity contribution in [2.45, 2.75) is 58.8 Å². The summed E-state index contributed by atoms with van der Waals surface area (Å²) < 4.78 is 2.05. The number of hydrogen-bond acceptors (Lipinski definition) is 4. The van der Waals surface area contributed by atoms with E-state index in [4.69, 9.17) is 5.26 Å². The molecule has 38 heavy (non-hydrogen) atoms. The van der Waals surface area contributed by atoms with E-state index in [0.29, 0.717) is 28.7 Å². The summed E-state index contributed by atoms with van der Waals surface area (Å²) in [6, 6.07) is 8.76. The standard InChI is InChI=1S/C31H35N5O2/c1-19-8-9-20(2)25(14-19)31(38)36-12-10-23(11-13-36)26-18-35(4)29-28(26)21(3)27(17-33-29)34-30(37)24-7-5-6-22(15-24)16-32/h5-7,15,17-19,23H,8-14H2,1-4H3,(H,34,37)/t19-/m0/s1. The lowest BCUT2D eigenvalue weighted by molar-refractivity contribution is -0.128. The van der Waals surface area contributed by atoms with E-state index in [2.05, 4.69) is 41.0 Å². The van der Waals surface area contributed by atoms with Crippen molar-refractivity contribution in [3.05, 3.63) is 70.1 Å². The van der Waals surface area contributed by atoms with Crippen LogP contribution in [0, 0.1) is 24.2 Å². The third kappa shape index (κ3) is 4.83. The molecule has 2 amide bonds. The number of benzene rings is 1. The Morgan fingerprint density at radius 1 is 1.16 bits per heavy atom. The fourth-order valence-electron chi connectivity index (χ4n) is 5.99. The Kier molecular flexibility index (Phi) is 7.07. The van der Waals surface area contributed by atoms with Gasteiger partial charge in [-0.1, -0.05) is 18.6 Å². The predicted molar refractivity (Wildman–Crippen MR) is 149 cm³/mol. The zero-order valence-corrected chi connectivity index (χ0v) is 22.7. The van der Waals surface area contributed by atoms with Crippen LogP contribution in [0.4, 0.5) is 5.69 Å². The monoisotopic (exact) mass is 509 g/mol. The fraction of sp³-hybridized carbons (Fsp3) is 0.419. The van der Waals surface area contributed by atoms with Gasteiger partial charge in [0.15, 0.2) is 0 Å². The Morgan fingerprint density at radius 3 is 2.66 bits per heavy atom. The quantitative estimate of drug-likeness (QED) is 0.478. The number of nitriles is 1. The number of nitrogens with zero attached hydrogens (tertiary/aromatic N) is 4. The molecule has 1 saturated heterocycles. The molecule has 1 N–H and O–H groups in total. The molecule has 0 bridgehead atoms. The topological polar surface area (TPSA) is 91.0 Å². The number of allylic oxidation sites excluding steroid dienone is 1. The van der Waals surface area contributed by atoms with Crippen molar-refractivity contribution in [2.75, 3.05) is 18.4 Å². The lowest BCUT2D eigenvalue weighted by atomic mass is 9.84. The van der Waals surface area contributed by atoms with Crippen molar-refractivity contribution >= 4 is 28.5 Å². The molecule has 2 aromatic heterocycles. The van der Waals surface area contributed by atoms with Gasteiger partial charge in [0.2, 0.25) is 5.91 Å². The number of aryl methyl sites for hydroxylation is 2. The first-order chi connectivity index (χ1) is 18.3. The number of amides is 2. The maximum Gasteiger partial charge on any atom is 0.255 e. The number of likely N-dealkylation sites (tertiary alicyclic amines) is 1. The van der Waals surface area contributed by atoms with Crippen LogP contribution in [0.2, 0.25) is 0 Å². The first kappa shape index (κ1) is 25.7. The van der Waals surface area contributed by atoms with Gasteiger partial charge in [-0.3, -0.25) is 9.59 Å². The highest BCUT2D eigenvalue weighted by atomic mass is 16.2. The SMILES string of the molecule is CC1=C(C(=O)N2CCC(c3cn(C)c4ncc(NC(=O)c5cccc(C#N)c5)c(C)c34)CC2)C[C@@H](C)CC1. The van der Waals surface area contributed by atoms with Crippen molar-refractivity contribution < 1.29 is 9.59 Å². The van der Waals surface area contributed by atoms with Crippen LogP contribution in [0.3, 0.4) is 0 Å². The van der Waals surface area contributed by atoms with E-state index in [9.17, 15) is 9.59 Å². The summed E-state index contributed by atoms with van der Waals surface area (Å²) in [6.45, 7) is 7.89. The summed E-state index contributed by atoms with van der Waals surface area (Å²) in [5.74, 6) is 0.860. The lowest BCUT2D eigenvalue weighted by Gasteiger charge is -2.34. The number of piperidine rings is 1. The van der Waals surface area contributed by atoms with Gasteiger partial charge in [0.25, 0.3) is 5.91 Å². The van der Waals surface area contributed by atoms with E-state index < -0.39 is 0 Å². The van der Waals surface area contributed by atoms with E-state index in [1.54, 1.807) is 30.5 Å². The maximum atomic E-state index is 13.3. The fourth-order valence-corrected chi connectivity index (χ4v) is 5.99.